The van der Waals surface area contributed by atoms with Crippen molar-refractivity contribution in [3.05, 3.63) is 36.8 Å². The summed E-state index contributed by atoms with van der Waals surface area (Å²) >= 11 is 0. The molecule has 0 N–H and O–H groups in total. The third kappa shape index (κ3) is 3.58. The van der Waals surface area contributed by atoms with Crippen LogP contribution in [0, 0.1) is 5.92 Å². The molecule has 136 valence electrons. The molecule has 0 aliphatic carbocycles. The SMILES string of the molecule is CC(C)c1noc(-c2ccnc(N3CCCC(Cn4cncn4)C3)c2)n1. The average molecular weight is 353 g/mol. The molecule has 0 saturated carbocycles. The molecular formula is C18H23N7O. The summed E-state index contributed by atoms with van der Waals surface area (Å²) in [4.78, 5) is 15.4. The summed E-state index contributed by atoms with van der Waals surface area (Å²) < 4.78 is 7.33. The van der Waals surface area contributed by atoms with Crippen molar-refractivity contribution in [3.63, 3.8) is 0 Å². The van der Waals surface area contributed by atoms with Crippen molar-refractivity contribution in [3.8, 4) is 11.5 Å². The molecule has 1 aliphatic rings. The highest BCUT2D eigenvalue weighted by Crippen LogP contribution is 2.26. The molecule has 0 bridgehead atoms. The quantitative estimate of drug-likeness (QED) is 0.697. The van der Waals surface area contributed by atoms with Crippen LogP contribution in [0.25, 0.3) is 11.5 Å². The van der Waals surface area contributed by atoms with E-state index in [1.54, 1.807) is 12.7 Å². The Bertz CT molecular complexity index is 843. The van der Waals surface area contributed by atoms with E-state index in [0.717, 1.165) is 43.3 Å². The average Bonchev–Trinajstić information content (AvgIpc) is 3.34. The Morgan fingerprint density at radius 1 is 1.35 bits per heavy atom. The number of anilines is 1. The first-order valence-electron chi connectivity index (χ1n) is 9.06. The number of pyridine rings is 1. The van der Waals surface area contributed by atoms with E-state index in [1.165, 1.54) is 6.42 Å². The van der Waals surface area contributed by atoms with Crippen LogP contribution in [0.3, 0.4) is 0 Å². The van der Waals surface area contributed by atoms with E-state index in [9.17, 15) is 0 Å². The maximum Gasteiger partial charge on any atom is 0.258 e. The highest BCUT2D eigenvalue weighted by molar-refractivity contribution is 5.58. The van der Waals surface area contributed by atoms with Crippen LogP contribution >= 0.6 is 0 Å². The predicted molar refractivity (Wildman–Crippen MR) is 96.6 cm³/mol. The fourth-order valence-corrected chi connectivity index (χ4v) is 3.32. The van der Waals surface area contributed by atoms with Crippen LogP contribution < -0.4 is 4.90 Å². The van der Waals surface area contributed by atoms with Crippen molar-refractivity contribution in [1.29, 1.82) is 0 Å². The molecule has 0 spiro atoms. The number of nitrogens with zero attached hydrogens (tertiary/aromatic N) is 7. The second kappa shape index (κ2) is 7.23. The Balaban J connectivity index is 1.50. The van der Waals surface area contributed by atoms with Gasteiger partial charge in [0, 0.05) is 37.3 Å². The van der Waals surface area contributed by atoms with Gasteiger partial charge in [-0.1, -0.05) is 19.0 Å². The summed E-state index contributed by atoms with van der Waals surface area (Å²) in [5.41, 5.74) is 0.910. The van der Waals surface area contributed by atoms with Gasteiger partial charge in [-0.2, -0.15) is 10.1 Å². The van der Waals surface area contributed by atoms with E-state index in [-0.39, 0.29) is 5.92 Å². The minimum Gasteiger partial charge on any atom is -0.356 e. The largest absolute Gasteiger partial charge is 0.356 e. The van der Waals surface area contributed by atoms with Crippen LogP contribution in [0.1, 0.15) is 38.4 Å². The van der Waals surface area contributed by atoms with E-state index in [2.05, 4.69) is 44.0 Å². The van der Waals surface area contributed by atoms with Gasteiger partial charge < -0.3 is 9.42 Å². The third-order valence-corrected chi connectivity index (χ3v) is 4.71. The molecule has 0 aromatic carbocycles. The standard InChI is InChI=1S/C18H23N7O/c1-13(2)17-22-18(26-23-17)15-5-6-20-16(8-15)24-7-3-4-14(9-24)10-25-12-19-11-21-25/h5-6,8,11-14H,3-4,7,9-10H2,1-2H3. The van der Waals surface area contributed by atoms with Crippen molar-refractivity contribution in [2.24, 2.45) is 5.92 Å². The fraction of sp³-hybridized carbons (Fsp3) is 0.500. The molecule has 1 saturated heterocycles. The smallest absolute Gasteiger partial charge is 0.258 e. The molecule has 8 heteroatoms. The number of rotatable bonds is 5. The van der Waals surface area contributed by atoms with Gasteiger partial charge in [-0.05, 0) is 30.9 Å². The molecule has 0 amide bonds. The zero-order valence-electron chi connectivity index (χ0n) is 15.1. The van der Waals surface area contributed by atoms with Crippen LogP contribution in [0.2, 0.25) is 0 Å². The predicted octanol–water partition coefficient (Wildman–Crippen LogP) is 2.76. The lowest BCUT2D eigenvalue weighted by molar-refractivity contribution is 0.350. The Kier molecular flexibility index (Phi) is 4.64. The number of hydrogen-bond acceptors (Lipinski definition) is 7. The van der Waals surface area contributed by atoms with Crippen molar-refractivity contribution < 1.29 is 4.52 Å². The Morgan fingerprint density at radius 3 is 3.04 bits per heavy atom. The summed E-state index contributed by atoms with van der Waals surface area (Å²) in [6.45, 7) is 6.95. The van der Waals surface area contributed by atoms with Crippen LogP contribution in [0.4, 0.5) is 5.82 Å². The zero-order valence-corrected chi connectivity index (χ0v) is 15.1. The van der Waals surface area contributed by atoms with E-state index < -0.39 is 0 Å². The Hall–Kier alpha value is -2.77. The molecule has 4 rings (SSSR count). The van der Waals surface area contributed by atoms with E-state index >= 15 is 0 Å². The van der Waals surface area contributed by atoms with Crippen LogP contribution in [-0.2, 0) is 6.54 Å². The van der Waals surface area contributed by atoms with Crippen LogP contribution in [0.5, 0.6) is 0 Å². The summed E-state index contributed by atoms with van der Waals surface area (Å²) in [7, 11) is 0. The zero-order chi connectivity index (χ0) is 17.9. The first-order chi connectivity index (χ1) is 12.7. The molecule has 1 atom stereocenters. The minimum atomic E-state index is 0.244. The summed E-state index contributed by atoms with van der Waals surface area (Å²) in [5, 5.41) is 8.27. The number of hydrogen-bond donors (Lipinski definition) is 0. The maximum atomic E-state index is 5.42. The monoisotopic (exact) mass is 353 g/mol. The molecule has 26 heavy (non-hydrogen) atoms. The molecule has 3 aromatic heterocycles. The van der Waals surface area contributed by atoms with Gasteiger partial charge in [-0.15, -0.1) is 0 Å². The summed E-state index contributed by atoms with van der Waals surface area (Å²) in [6, 6.07) is 3.95. The topological polar surface area (TPSA) is 85.8 Å². The van der Waals surface area contributed by atoms with Gasteiger partial charge >= 0.3 is 0 Å². The molecule has 3 aromatic rings. The van der Waals surface area contributed by atoms with Gasteiger partial charge in [0.05, 0.1) is 0 Å². The van der Waals surface area contributed by atoms with E-state index in [4.69, 9.17) is 4.52 Å². The molecule has 1 fully saturated rings. The van der Waals surface area contributed by atoms with E-state index in [0.29, 0.717) is 11.8 Å². The molecule has 1 aliphatic heterocycles. The molecule has 4 heterocycles. The maximum absolute atomic E-state index is 5.42. The lowest BCUT2D eigenvalue weighted by Gasteiger charge is -2.33. The Morgan fingerprint density at radius 2 is 2.27 bits per heavy atom. The van der Waals surface area contributed by atoms with Gasteiger partial charge in [0.25, 0.3) is 5.89 Å². The molecule has 0 radical (unpaired) electrons. The van der Waals surface area contributed by atoms with Crippen LogP contribution in [-0.4, -0.2) is 43.0 Å². The fourth-order valence-electron chi connectivity index (χ4n) is 3.32. The van der Waals surface area contributed by atoms with Crippen molar-refractivity contribution in [2.75, 3.05) is 18.0 Å². The second-order valence-corrected chi connectivity index (χ2v) is 7.09. The van der Waals surface area contributed by atoms with Crippen LogP contribution in [0.15, 0.2) is 35.5 Å². The highest BCUT2D eigenvalue weighted by atomic mass is 16.5. The van der Waals surface area contributed by atoms with Gasteiger partial charge in [0.1, 0.15) is 18.5 Å². The normalized spacial score (nSPS) is 17.8. The summed E-state index contributed by atoms with van der Waals surface area (Å²) in [6.07, 6.45) is 7.51. The van der Waals surface area contributed by atoms with Crippen molar-refractivity contribution >= 4 is 5.82 Å². The molecular weight excluding hydrogens is 330 g/mol. The van der Waals surface area contributed by atoms with Crippen molar-refractivity contribution in [2.45, 2.75) is 39.2 Å². The van der Waals surface area contributed by atoms with Gasteiger partial charge in [-0.25, -0.2) is 9.97 Å². The number of piperidine rings is 1. The van der Waals surface area contributed by atoms with Gasteiger partial charge in [-0.3, -0.25) is 4.68 Å². The first-order valence-corrected chi connectivity index (χ1v) is 9.06. The second-order valence-electron chi connectivity index (χ2n) is 7.09. The Labute approximate surface area is 152 Å². The highest BCUT2D eigenvalue weighted by Gasteiger charge is 2.22. The first kappa shape index (κ1) is 16.7. The lowest BCUT2D eigenvalue weighted by atomic mass is 9.98. The molecule has 1 unspecified atom stereocenters. The van der Waals surface area contributed by atoms with Gasteiger partial charge in [0.2, 0.25) is 0 Å². The number of aromatic nitrogens is 6. The van der Waals surface area contributed by atoms with E-state index in [1.807, 2.05) is 23.0 Å². The van der Waals surface area contributed by atoms with Gasteiger partial charge in [0.15, 0.2) is 5.82 Å². The molecule has 8 nitrogen and oxygen atoms in total. The lowest BCUT2D eigenvalue weighted by Crippen LogP contribution is -2.37. The van der Waals surface area contributed by atoms with Crippen molar-refractivity contribution in [1.82, 2.24) is 29.9 Å². The third-order valence-electron chi connectivity index (χ3n) is 4.71. The summed E-state index contributed by atoms with van der Waals surface area (Å²) in [5.74, 6) is 3.01. The minimum absolute atomic E-state index is 0.244.